The second kappa shape index (κ2) is 5.46. The first-order chi connectivity index (χ1) is 9.24. The zero-order chi connectivity index (χ0) is 13.2. The number of halogens is 2. The number of aromatic nitrogens is 3. The summed E-state index contributed by atoms with van der Waals surface area (Å²) in [5, 5.41) is 10.9. The Balaban J connectivity index is 1.74. The van der Waals surface area contributed by atoms with Gasteiger partial charge in [0.1, 0.15) is 0 Å². The van der Waals surface area contributed by atoms with Crippen molar-refractivity contribution in [1.29, 1.82) is 0 Å². The third-order valence-electron chi connectivity index (χ3n) is 3.11. The summed E-state index contributed by atoms with van der Waals surface area (Å²) in [6, 6.07) is 0. The van der Waals surface area contributed by atoms with Crippen LogP contribution in [0, 0.1) is 0 Å². The molecule has 2 aromatic rings. The highest BCUT2D eigenvalue weighted by Gasteiger charge is 2.26. The van der Waals surface area contributed by atoms with Crippen molar-refractivity contribution in [2.24, 2.45) is 0 Å². The fourth-order valence-corrected chi connectivity index (χ4v) is 3.73. The lowest BCUT2D eigenvalue weighted by Gasteiger charge is -2.31. The van der Waals surface area contributed by atoms with E-state index >= 15 is 0 Å². The topological polar surface area (TPSA) is 41.9 Å². The first-order valence-corrected chi connectivity index (χ1v) is 7.69. The van der Waals surface area contributed by atoms with Crippen molar-refractivity contribution in [3.8, 4) is 0 Å². The second-order valence-electron chi connectivity index (χ2n) is 4.38. The zero-order valence-electron chi connectivity index (χ0n) is 10.00. The minimum atomic E-state index is -2.54. The highest BCUT2D eigenvalue weighted by atomic mass is 32.1. The molecule has 19 heavy (non-hydrogen) atoms. The third kappa shape index (κ3) is 2.74. The largest absolute Gasteiger partial charge is 0.346 e. The Morgan fingerprint density at radius 2 is 2.26 bits per heavy atom. The summed E-state index contributed by atoms with van der Waals surface area (Å²) in [6.07, 6.45) is 1.38. The molecule has 102 valence electrons. The monoisotopic (exact) mass is 302 g/mol. The molecule has 0 amide bonds. The SMILES string of the molecule is FC(F)c1nnc(N2CCC[C@@H](c3nccs3)C2)s1. The van der Waals surface area contributed by atoms with E-state index in [9.17, 15) is 8.78 Å². The van der Waals surface area contributed by atoms with Crippen molar-refractivity contribution in [2.45, 2.75) is 25.2 Å². The third-order valence-corrected chi connectivity index (χ3v) is 5.04. The molecule has 1 fully saturated rings. The molecule has 3 rings (SSSR count). The molecule has 0 N–H and O–H groups in total. The van der Waals surface area contributed by atoms with Crippen LogP contribution in [-0.2, 0) is 0 Å². The Morgan fingerprint density at radius 1 is 1.37 bits per heavy atom. The zero-order valence-corrected chi connectivity index (χ0v) is 11.6. The van der Waals surface area contributed by atoms with Gasteiger partial charge in [0.2, 0.25) is 5.13 Å². The number of hydrogen-bond acceptors (Lipinski definition) is 6. The predicted molar refractivity (Wildman–Crippen MR) is 71.2 cm³/mol. The maximum absolute atomic E-state index is 12.5. The molecule has 3 heterocycles. The van der Waals surface area contributed by atoms with Crippen LogP contribution in [-0.4, -0.2) is 28.3 Å². The molecule has 0 spiro atoms. The van der Waals surface area contributed by atoms with E-state index < -0.39 is 6.43 Å². The van der Waals surface area contributed by atoms with Gasteiger partial charge >= 0.3 is 0 Å². The van der Waals surface area contributed by atoms with Crippen LogP contribution in [0.1, 0.15) is 35.2 Å². The smallest absolute Gasteiger partial charge is 0.291 e. The number of alkyl halides is 2. The lowest BCUT2D eigenvalue weighted by molar-refractivity contribution is 0.150. The van der Waals surface area contributed by atoms with Crippen molar-refractivity contribution in [2.75, 3.05) is 18.0 Å². The lowest BCUT2D eigenvalue weighted by atomic mass is 9.99. The number of hydrogen-bond donors (Lipinski definition) is 0. The van der Waals surface area contributed by atoms with Gasteiger partial charge in [-0.2, -0.15) is 0 Å². The summed E-state index contributed by atoms with van der Waals surface area (Å²) >= 11 is 2.63. The maximum atomic E-state index is 12.5. The van der Waals surface area contributed by atoms with Gasteiger partial charge in [0, 0.05) is 30.6 Å². The van der Waals surface area contributed by atoms with E-state index in [-0.39, 0.29) is 5.01 Å². The van der Waals surface area contributed by atoms with Crippen molar-refractivity contribution >= 4 is 27.8 Å². The van der Waals surface area contributed by atoms with Crippen molar-refractivity contribution in [3.63, 3.8) is 0 Å². The molecule has 0 aliphatic carbocycles. The first-order valence-electron chi connectivity index (χ1n) is 6.00. The Hall–Kier alpha value is -1.15. The van der Waals surface area contributed by atoms with Gasteiger partial charge in [-0.25, -0.2) is 13.8 Å². The van der Waals surface area contributed by atoms with E-state index in [1.165, 1.54) is 0 Å². The molecular formula is C11H12F2N4S2. The molecule has 1 saturated heterocycles. The van der Waals surface area contributed by atoms with E-state index in [4.69, 9.17) is 0 Å². The second-order valence-corrected chi connectivity index (χ2v) is 6.29. The minimum absolute atomic E-state index is 0.202. The van der Waals surface area contributed by atoms with Crippen LogP contribution >= 0.6 is 22.7 Å². The average molecular weight is 302 g/mol. The molecular weight excluding hydrogens is 290 g/mol. The summed E-state index contributed by atoms with van der Waals surface area (Å²) in [6.45, 7) is 1.63. The summed E-state index contributed by atoms with van der Waals surface area (Å²) < 4.78 is 25.1. The summed E-state index contributed by atoms with van der Waals surface area (Å²) in [4.78, 5) is 6.38. The molecule has 0 saturated carbocycles. The Kier molecular flexibility index (Phi) is 3.69. The van der Waals surface area contributed by atoms with Gasteiger partial charge < -0.3 is 4.90 Å². The summed E-state index contributed by atoms with van der Waals surface area (Å²) in [5.74, 6) is 0.368. The Bertz CT molecular complexity index is 529. The van der Waals surface area contributed by atoms with Crippen molar-refractivity contribution in [1.82, 2.24) is 15.2 Å². The van der Waals surface area contributed by atoms with Crippen LogP contribution in [0.15, 0.2) is 11.6 Å². The average Bonchev–Trinajstić information content (AvgIpc) is 3.10. The minimum Gasteiger partial charge on any atom is -0.346 e. The van der Waals surface area contributed by atoms with Gasteiger partial charge in [-0.05, 0) is 12.8 Å². The molecule has 1 atom stereocenters. The molecule has 0 radical (unpaired) electrons. The fourth-order valence-electron chi connectivity index (χ4n) is 2.23. The molecule has 2 aromatic heterocycles. The van der Waals surface area contributed by atoms with Gasteiger partial charge in [-0.15, -0.1) is 21.5 Å². The molecule has 1 aliphatic rings. The van der Waals surface area contributed by atoms with Gasteiger partial charge in [0.25, 0.3) is 6.43 Å². The number of rotatable bonds is 3. The first kappa shape index (κ1) is 12.9. The fraction of sp³-hybridized carbons (Fsp3) is 0.545. The maximum Gasteiger partial charge on any atom is 0.291 e. The lowest BCUT2D eigenvalue weighted by Crippen LogP contribution is -2.34. The van der Waals surface area contributed by atoms with Crippen LogP contribution in [0.5, 0.6) is 0 Å². The molecule has 0 bridgehead atoms. The normalized spacial score (nSPS) is 20.2. The highest BCUT2D eigenvalue weighted by Crippen LogP contribution is 2.33. The molecule has 1 aliphatic heterocycles. The Morgan fingerprint density at radius 3 is 2.95 bits per heavy atom. The van der Waals surface area contributed by atoms with Crippen LogP contribution in [0.25, 0.3) is 0 Å². The highest BCUT2D eigenvalue weighted by molar-refractivity contribution is 7.15. The Labute approximate surface area is 117 Å². The van der Waals surface area contributed by atoms with Crippen molar-refractivity contribution in [3.05, 3.63) is 21.6 Å². The van der Waals surface area contributed by atoms with Crippen LogP contribution in [0.3, 0.4) is 0 Å². The molecule has 0 unspecified atom stereocenters. The summed E-state index contributed by atoms with van der Waals surface area (Å²) in [5.41, 5.74) is 0. The van der Waals surface area contributed by atoms with Gasteiger partial charge in [-0.3, -0.25) is 0 Å². The van der Waals surface area contributed by atoms with Crippen LogP contribution < -0.4 is 4.90 Å². The molecule has 8 heteroatoms. The van der Waals surface area contributed by atoms with Gasteiger partial charge in [0.05, 0.1) is 5.01 Å². The van der Waals surface area contributed by atoms with E-state index in [1.807, 2.05) is 10.3 Å². The van der Waals surface area contributed by atoms with E-state index in [0.29, 0.717) is 11.0 Å². The van der Waals surface area contributed by atoms with Crippen LogP contribution in [0.2, 0.25) is 0 Å². The number of anilines is 1. The molecule has 4 nitrogen and oxygen atoms in total. The van der Waals surface area contributed by atoms with E-state index in [2.05, 4.69) is 15.2 Å². The van der Waals surface area contributed by atoms with E-state index in [0.717, 1.165) is 42.3 Å². The number of piperidine rings is 1. The predicted octanol–water partition coefficient (Wildman–Crippen LogP) is 3.32. The van der Waals surface area contributed by atoms with Crippen molar-refractivity contribution < 1.29 is 8.78 Å². The number of thiazole rings is 1. The van der Waals surface area contributed by atoms with Gasteiger partial charge in [-0.1, -0.05) is 11.3 Å². The standard InChI is InChI=1S/C11H12F2N4S2/c12-8(13)10-15-16-11(19-10)17-4-1-2-7(6-17)9-14-3-5-18-9/h3,5,7-8H,1-2,4,6H2/t7-/m1/s1. The van der Waals surface area contributed by atoms with Gasteiger partial charge in [0.15, 0.2) is 5.01 Å². The van der Waals surface area contributed by atoms with E-state index in [1.54, 1.807) is 17.5 Å². The van der Waals surface area contributed by atoms with Crippen LogP contribution in [0.4, 0.5) is 13.9 Å². The number of nitrogens with zero attached hydrogens (tertiary/aromatic N) is 4. The quantitative estimate of drug-likeness (QED) is 0.872. The molecule has 0 aromatic carbocycles. The summed E-state index contributed by atoms with van der Waals surface area (Å²) in [7, 11) is 0.